The van der Waals surface area contributed by atoms with Crippen LogP contribution in [0.5, 0.6) is 0 Å². The van der Waals surface area contributed by atoms with Crippen molar-refractivity contribution in [3.8, 4) is 0 Å². The normalized spacial score (nSPS) is 24.9. The summed E-state index contributed by atoms with van der Waals surface area (Å²) in [5.74, 6) is 0.602. The van der Waals surface area contributed by atoms with Gasteiger partial charge in [-0.2, -0.15) is 0 Å². The molecule has 0 bridgehead atoms. The summed E-state index contributed by atoms with van der Waals surface area (Å²) < 4.78 is 0. The minimum atomic E-state index is -0.313. The summed E-state index contributed by atoms with van der Waals surface area (Å²) in [6.07, 6.45) is 9.89. The van der Waals surface area contributed by atoms with Crippen LogP contribution in [0.3, 0.4) is 0 Å². The van der Waals surface area contributed by atoms with Crippen molar-refractivity contribution in [1.29, 1.82) is 0 Å². The van der Waals surface area contributed by atoms with Gasteiger partial charge in [0.1, 0.15) is 0 Å². The molecule has 154 valence electrons. The zero-order valence-electron chi connectivity index (χ0n) is 17.4. The Bertz CT molecular complexity index is 685. The van der Waals surface area contributed by atoms with Crippen molar-refractivity contribution in [2.75, 3.05) is 26.2 Å². The number of carbonyl (C=O) groups is 1. The number of amides is 1. The molecule has 1 aromatic rings. The quantitative estimate of drug-likeness (QED) is 0.848. The minimum absolute atomic E-state index is 0.167. The van der Waals surface area contributed by atoms with Crippen LogP contribution in [0.4, 0.5) is 0 Å². The number of aliphatic hydroxyl groups excluding tert-OH is 1. The van der Waals surface area contributed by atoms with E-state index in [0.29, 0.717) is 5.92 Å². The van der Waals surface area contributed by atoms with Gasteiger partial charge in [-0.3, -0.25) is 9.69 Å². The van der Waals surface area contributed by atoms with Crippen LogP contribution in [0.25, 0.3) is 0 Å². The third-order valence-electron chi connectivity index (χ3n) is 7.24. The largest absolute Gasteiger partial charge is 0.393 e. The summed E-state index contributed by atoms with van der Waals surface area (Å²) in [5.41, 5.74) is 4.26. The maximum absolute atomic E-state index is 11.6. The maximum Gasteiger partial charge on any atom is 0.219 e. The highest BCUT2D eigenvalue weighted by Crippen LogP contribution is 2.28. The Kier molecular flexibility index (Phi) is 6.37. The minimum Gasteiger partial charge on any atom is -0.393 e. The lowest BCUT2D eigenvalue weighted by Gasteiger charge is -2.36. The van der Waals surface area contributed by atoms with E-state index < -0.39 is 0 Å². The molecule has 28 heavy (non-hydrogen) atoms. The lowest BCUT2D eigenvalue weighted by atomic mass is 9.89. The molecule has 4 nitrogen and oxygen atoms in total. The third-order valence-corrected chi connectivity index (χ3v) is 7.24. The van der Waals surface area contributed by atoms with E-state index in [1.54, 1.807) is 6.92 Å². The number of aliphatic hydroxyl groups is 1. The fourth-order valence-corrected chi connectivity index (χ4v) is 5.32. The topological polar surface area (TPSA) is 43.8 Å². The van der Waals surface area contributed by atoms with Crippen LogP contribution in [0, 0.1) is 5.92 Å². The molecule has 4 rings (SSSR count). The molecule has 2 aliphatic heterocycles. The number of hydrogen-bond donors (Lipinski definition) is 1. The van der Waals surface area contributed by atoms with E-state index in [1.807, 2.05) is 4.90 Å². The van der Waals surface area contributed by atoms with Crippen molar-refractivity contribution in [2.45, 2.75) is 76.9 Å². The molecule has 0 spiro atoms. The molecule has 2 unspecified atom stereocenters. The highest BCUT2D eigenvalue weighted by Gasteiger charge is 2.27. The fraction of sp³-hybridized carbons (Fsp3) is 0.708. The van der Waals surface area contributed by atoms with Crippen LogP contribution in [0.15, 0.2) is 18.2 Å². The summed E-state index contributed by atoms with van der Waals surface area (Å²) in [4.78, 5) is 16.3. The molecule has 1 saturated heterocycles. The second kappa shape index (κ2) is 8.96. The molecule has 2 heterocycles. The Morgan fingerprint density at radius 2 is 1.89 bits per heavy atom. The molecule has 1 aliphatic carbocycles. The van der Waals surface area contributed by atoms with Crippen LogP contribution >= 0.6 is 0 Å². The van der Waals surface area contributed by atoms with Crippen molar-refractivity contribution in [3.63, 3.8) is 0 Å². The van der Waals surface area contributed by atoms with E-state index in [0.717, 1.165) is 57.7 Å². The van der Waals surface area contributed by atoms with E-state index in [4.69, 9.17) is 0 Å². The first-order valence-electron chi connectivity index (χ1n) is 11.4. The SMILES string of the molecule is CC(=O)N1CCCC(CC(O)Cc2ccc3c(c2)CCN(C2CCC2)CC3)C1. The number of nitrogens with zero attached hydrogens (tertiary/aromatic N) is 2. The summed E-state index contributed by atoms with van der Waals surface area (Å²) >= 11 is 0. The lowest BCUT2D eigenvalue weighted by molar-refractivity contribution is -0.130. The third kappa shape index (κ3) is 4.77. The van der Waals surface area contributed by atoms with E-state index in [-0.39, 0.29) is 12.0 Å². The van der Waals surface area contributed by atoms with Gasteiger partial charge in [-0.25, -0.2) is 0 Å². The van der Waals surface area contributed by atoms with Gasteiger partial charge in [-0.1, -0.05) is 24.6 Å². The first-order valence-corrected chi connectivity index (χ1v) is 11.4. The Hall–Kier alpha value is -1.39. The number of fused-ring (bicyclic) bond motifs is 1. The monoisotopic (exact) mass is 384 g/mol. The summed E-state index contributed by atoms with van der Waals surface area (Å²) in [5, 5.41) is 10.7. The second-order valence-corrected chi connectivity index (χ2v) is 9.29. The predicted molar refractivity (Wildman–Crippen MR) is 112 cm³/mol. The first-order chi connectivity index (χ1) is 13.6. The van der Waals surface area contributed by atoms with E-state index in [1.165, 1.54) is 49.0 Å². The van der Waals surface area contributed by atoms with Gasteiger partial charge in [0.2, 0.25) is 5.91 Å². The van der Waals surface area contributed by atoms with Gasteiger partial charge in [0.05, 0.1) is 6.10 Å². The zero-order chi connectivity index (χ0) is 19.5. The molecule has 3 aliphatic rings. The maximum atomic E-state index is 11.6. The smallest absolute Gasteiger partial charge is 0.219 e. The Balaban J connectivity index is 1.31. The Morgan fingerprint density at radius 3 is 2.61 bits per heavy atom. The van der Waals surface area contributed by atoms with E-state index in [9.17, 15) is 9.90 Å². The molecule has 2 fully saturated rings. The molecule has 0 aromatic heterocycles. The van der Waals surface area contributed by atoms with Crippen LogP contribution < -0.4 is 0 Å². The second-order valence-electron chi connectivity index (χ2n) is 9.29. The summed E-state index contributed by atoms with van der Waals surface area (Å²) in [6.45, 7) is 5.74. The van der Waals surface area contributed by atoms with Crippen LogP contribution in [-0.2, 0) is 24.1 Å². The highest BCUT2D eigenvalue weighted by molar-refractivity contribution is 5.73. The van der Waals surface area contributed by atoms with Gasteiger partial charge in [0, 0.05) is 39.1 Å². The fourth-order valence-electron chi connectivity index (χ4n) is 5.32. The molecule has 0 radical (unpaired) electrons. The van der Waals surface area contributed by atoms with E-state index >= 15 is 0 Å². The average Bonchev–Trinajstić information content (AvgIpc) is 2.83. The Morgan fingerprint density at radius 1 is 1.11 bits per heavy atom. The van der Waals surface area contributed by atoms with Crippen molar-refractivity contribution >= 4 is 5.91 Å². The lowest BCUT2D eigenvalue weighted by Crippen LogP contribution is -2.41. The van der Waals surface area contributed by atoms with Gasteiger partial charge in [0.25, 0.3) is 0 Å². The van der Waals surface area contributed by atoms with Crippen LogP contribution in [0.2, 0.25) is 0 Å². The van der Waals surface area contributed by atoms with Crippen molar-refractivity contribution < 1.29 is 9.90 Å². The zero-order valence-corrected chi connectivity index (χ0v) is 17.4. The van der Waals surface area contributed by atoms with Crippen LogP contribution in [-0.4, -0.2) is 59.1 Å². The summed E-state index contributed by atoms with van der Waals surface area (Å²) in [6, 6.07) is 7.72. The van der Waals surface area contributed by atoms with Crippen molar-refractivity contribution in [3.05, 3.63) is 34.9 Å². The van der Waals surface area contributed by atoms with E-state index in [2.05, 4.69) is 23.1 Å². The number of benzene rings is 1. The highest BCUT2D eigenvalue weighted by atomic mass is 16.3. The van der Waals surface area contributed by atoms with Crippen molar-refractivity contribution in [1.82, 2.24) is 9.80 Å². The first kappa shape index (κ1) is 19.9. The van der Waals surface area contributed by atoms with Crippen molar-refractivity contribution in [2.24, 2.45) is 5.92 Å². The van der Waals surface area contributed by atoms with Gasteiger partial charge < -0.3 is 10.0 Å². The van der Waals surface area contributed by atoms with Gasteiger partial charge >= 0.3 is 0 Å². The molecule has 1 amide bonds. The number of carbonyl (C=O) groups excluding carboxylic acids is 1. The Labute approximate surface area is 169 Å². The molecular formula is C24H36N2O2. The molecule has 1 saturated carbocycles. The molecular weight excluding hydrogens is 348 g/mol. The molecule has 1 N–H and O–H groups in total. The molecule has 1 aromatic carbocycles. The van der Waals surface area contributed by atoms with Gasteiger partial charge in [-0.15, -0.1) is 0 Å². The van der Waals surface area contributed by atoms with Gasteiger partial charge in [-0.05, 0) is 74.0 Å². The molecule has 2 atom stereocenters. The molecule has 4 heteroatoms. The number of likely N-dealkylation sites (tertiary alicyclic amines) is 1. The van der Waals surface area contributed by atoms with Crippen LogP contribution in [0.1, 0.15) is 62.1 Å². The van der Waals surface area contributed by atoms with Gasteiger partial charge in [0.15, 0.2) is 0 Å². The number of rotatable bonds is 5. The predicted octanol–water partition coefficient (Wildman–Crippen LogP) is 3.19. The number of piperidine rings is 1. The standard InChI is InChI=1S/C24H36N2O2/c1-18(27)26-11-3-4-20(17-26)16-24(28)15-19-7-8-21-9-12-25(23-5-2-6-23)13-10-22(21)14-19/h7-8,14,20,23-24,28H,2-6,9-13,15-17H2,1H3. The number of hydrogen-bond acceptors (Lipinski definition) is 3. The average molecular weight is 385 g/mol. The summed E-state index contributed by atoms with van der Waals surface area (Å²) in [7, 11) is 0.